The molecule has 0 spiro atoms. The lowest BCUT2D eigenvalue weighted by molar-refractivity contribution is 0.425. The maximum atomic E-state index is 12.6. The van der Waals surface area contributed by atoms with Crippen molar-refractivity contribution in [1.82, 2.24) is 0 Å². The molecule has 41 heavy (non-hydrogen) atoms. The molecule has 8 rings (SSSR count). The fraction of sp³-hybridized carbons (Fsp3) is 0.353. The van der Waals surface area contributed by atoms with E-state index in [2.05, 4.69) is 96.4 Å². The quantitative estimate of drug-likeness (QED) is 0.192. The molecule has 0 radical (unpaired) electrons. The highest BCUT2D eigenvalue weighted by molar-refractivity contribution is 9.11. The standard InChI is InChI=1S/C11H13BO2.C11H11Br.C6H3Br2F.C5H6.CH4/c13-12(14)10-3-1-2-9-7-4-5-8(6-7)11(9)10;12-10-3-1-2-9-7-4-5-8(6-7)11(9)10;7-4-2-1-3-5(8)6(4)9;1-2-4-5-3-1;/h1-3,7-8,13-14H,4-6H2;1-3,7-8H,4-6H2;1-3H;1-4H,5H2;1H4. The minimum atomic E-state index is -1.30. The topological polar surface area (TPSA) is 40.5 Å². The van der Waals surface area contributed by atoms with Crippen LogP contribution < -0.4 is 5.46 Å². The van der Waals surface area contributed by atoms with Crippen molar-refractivity contribution in [2.24, 2.45) is 0 Å². The van der Waals surface area contributed by atoms with Crippen LogP contribution in [0.2, 0.25) is 0 Å². The molecule has 5 aliphatic rings. The highest BCUT2D eigenvalue weighted by Gasteiger charge is 2.39. The fourth-order valence-corrected chi connectivity index (χ4v) is 8.62. The minimum Gasteiger partial charge on any atom is -0.423 e. The zero-order valence-corrected chi connectivity index (χ0v) is 27.0. The fourth-order valence-electron chi connectivity index (χ4n) is 6.92. The summed E-state index contributed by atoms with van der Waals surface area (Å²) in [5.74, 6) is 2.79. The molecule has 2 nitrogen and oxygen atoms in total. The van der Waals surface area contributed by atoms with Gasteiger partial charge in [0.2, 0.25) is 0 Å². The van der Waals surface area contributed by atoms with Crippen LogP contribution in [0.1, 0.15) is 98.3 Å². The second-order valence-corrected chi connectivity index (χ2v) is 13.6. The summed E-state index contributed by atoms with van der Waals surface area (Å²) >= 11 is 9.73. The lowest BCUT2D eigenvalue weighted by Crippen LogP contribution is -2.34. The Kier molecular flexibility index (Phi) is 11.7. The number of hydrogen-bond donors (Lipinski definition) is 2. The van der Waals surface area contributed by atoms with Crippen LogP contribution in [0.15, 0.2) is 92.3 Å². The molecule has 0 heterocycles. The summed E-state index contributed by atoms with van der Waals surface area (Å²) in [4.78, 5) is 0. The Morgan fingerprint density at radius 2 is 1.10 bits per heavy atom. The molecule has 2 fully saturated rings. The average molecular weight is 747 g/mol. The Morgan fingerprint density at radius 1 is 0.634 bits per heavy atom. The second-order valence-electron chi connectivity index (χ2n) is 11.0. The van der Waals surface area contributed by atoms with Gasteiger partial charge in [-0.3, -0.25) is 0 Å². The summed E-state index contributed by atoms with van der Waals surface area (Å²) in [7, 11) is -1.30. The number of allylic oxidation sites excluding steroid dienone is 4. The summed E-state index contributed by atoms with van der Waals surface area (Å²) in [6.07, 6.45) is 17.5. The Bertz CT molecular complexity index is 1380. The molecule has 2 saturated carbocycles. The minimum absolute atomic E-state index is 0. The van der Waals surface area contributed by atoms with Gasteiger partial charge >= 0.3 is 7.12 Å². The molecule has 4 atom stereocenters. The van der Waals surface area contributed by atoms with Crippen LogP contribution in [0.3, 0.4) is 0 Å². The second kappa shape index (κ2) is 14.8. The Labute approximate surface area is 269 Å². The van der Waals surface area contributed by atoms with Crippen molar-refractivity contribution in [2.75, 3.05) is 0 Å². The van der Waals surface area contributed by atoms with Crippen LogP contribution in [0.5, 0.6) is 0 Å². The zero-order chi connectivity index (χ0) is 28.2. The van der Waals surface area contributed by atoms with Crippen LogP contribution in [-0.2, 0) is 0 Å². The van der Waals surface area contributed by atoms with Crippen molar-refractivity contribution in [3.8, 4) is 0 Å². The third-order valence-corrected chi connectivity index (χ3v) is 10.6. The molecule has 0 aliphatic heterocycles. The van der Waals surface area contributed by atoms with E-state index in [0.717, 1.165) is 23.7 Å². The van der Waals surface area contributed by atoms with Crippen molar-refractivity contribution in [2.45, 2.75) is 76.0 Å². The first kappa shape index (κ1) is 32.4. The van der Waals surface area contributed by atoms with E-state index in [9.17, 15) is 14.4 Å². The number of fused-ring (bicyclic) bond motifs is 10. The molecule has 2 N–H and O–H groups in total. The SMILES string of the molecule is Brc1cccc2c1C1CCC2C1.C.C1=CCC=C1.Fc1c(Br)cccc1Br.OB(O)c1cccc2c1C1CCC2C1. The number of rotatable bonds is 1. The van der Waals surface area contributed by atoms with Gasteiger partial charge in [0.05, 0.1) is 8.95 Å². The van der Waals surface area contributed by atoms with Gasteiger partial charge in [-0.15, -0.1) is 0 Å². The van der Waals surface area contributed by atoms with Crippen molar-refractivity contribution in [3.05, 3.63) is 120 Å². The van der Waals surface area contributed by atoms with E-state index in [4.69, 9.17) is 0 Å². The predicted molar refractivity (Wildman–Crippen MR) is 181 cm³/mol. The van der Waals surface area contributed by atoms with E-state index in [0.29, 0.717) is 20.8 Å². The third-order valence-electron chi connectivity index (χ3n) is 8.66. The lowest BCUT2D eigenvalue weighted by Gasteiger charge is -2.18. The van der Waals surface area contributed by atoms with Crippen LogP contribution in [-0.4, -0.2) is 17.2 Å². The molecular weight excluding hydrogens is 710 g/mol. The average Bonchev–Trinajstić information content (AvgIpc) is 3.80. The first-order valence-electron chi connectivity index (χ1n) is 14.0. The number of hydrogen-bond acceptors (Lipinski definition) is 2. The molecule has 4 bridgehead atoms. The van der Waals surface area contributed by atoms with Crippen LogP contribution >= 0.6 is 47.8 Å². The normalized spacial score (nSPS) is 22.8. The van der Waals surface area contributed by atoms with Crippen molar-refractivity contribution >= 4 is 60.4 Å². The van der Waals surface area contributed by atoms with E-state index in [1.165, 1.54) is 54.1 Å². The monoisotopic (exact) mass is 744 g/mol. The molecular formula is C34H37BBr3FO2. The molecule has 0 amide bonds. The third kappa shape index (κ3) is 7.35. The van der Waals surface area contributed by atoms with Gasteiger partial charge in [0, 0.05) is 4.47 Å². The van der Waals surface area contributed by atoms with Gasteiger partial charge < -0.3 is 10.0 Å². The smallest absolute Gasteiger partial charge is 0.423 e. The molecule has 7 heteroatoms. The zero-order valence-electron chi connectivity index (χ0n) is 22.2. The molecule has 3 aromatic carbocycles. The first-order chi connectivity index (χ1) is 19.3. The summed E-state index contributed by atoms with van der Waals surface area (Å²) < 4.78 is 14.9. The molecule has 0 aromatic heterocycles. The van der Waals surface area contributed by atoms with E-state index in [-0.39, 0.29) is 13.2 Å². The molecule has 3 aromatic rings. The summed E-state index contributed by atoms with van der Waals surface area (Å²) in [5.41, 5.74) is 6.58. The van der Waals surface area contributed by atoms with Crippen molar-refractivity contribution in [1.29, 1.82) is 0 Å². The Balaban J connectivity index is 0.000000132. The van der Waals surface area contributed by atoms with Gasteiger partial charge in [0.1, 0.15) is 0 Å². The van der Waals surface area contributed by atoms with Gasteiger partial charge in [-0.1, -0.05) is 84.1 Å². The molecule has 5 aliphatic carbocycles. The summed E-state index contributed by atoms with van der Waals surface area (Å²) in [6, 6.07) is 17.6. The Hall–Kier alpha value is -1.51. The highest BCUT2D eigenvalue weighted by Crippen LogP contribution is 2.55. The van der Waals surface area contributed by atoms with Gasteiger partial charge in [-0.25, -0.2) is 4.39 Å². The first-order valence-corrected chi connectivity index (χ1v) is 16.4. The number of halogens is 4. The van der Waals surface area contributed by atoms with Crippen molar-refractivity contribution in [3.63, 3.8) is 0 Å². The maximum Gasteiger partial charge on any atom is 0.488 e. The Morgan fingerprint density at radius 3 is 1.59 bits per heavy atom. The van der Waals surface area contributed by atoms with Crippen LogP contribution in [0.4, 0.5) is 4.39 Å². The van der Waals surface area contributed by atoms with E-state index in [1.54, 1.807) is 29.3 Å². The van der Waals surface area contributed by atoms with Crippen LogP contribution in [0.25, 0.3) is 0 Å². The highest BCUT2D eigenvalue weighted by atomic mass is 79.9. The largest absolute Gasteiger partial charge is 0.488 e. The van der Waals surface area contributed by atoms with Gasteiger partial charge in [0.15, 0.2) is 5.82 Å². The van der Waals surface area contributed by atoms with Crippen LogP contribution in [0, 0.1) is 5.82 Å². The molecule has 216 valence electrons. The maximum absolute atomic E-state index is 12.6. The van der Waals surface area contributed by atoms with Gasteiger partial charge in [-0.05, 0) is 146 Å². The van der Waals surface area contributed by atoms with Crippen molar-refractivity contribution < 1.29 is 14.4 Å². The number of benzene rings is 3. The molecule has 0 saturated heterocycles. The van der Waals surface area contributed by atoms with E-state index in [1.807, 2.05) is 12.1 Å². The van der Waals surface area contributed by atoms with Gasteiger partial charge in [0.25, 0.3) is 0 Å². The lowest BCUT2D eigenvalue weighted by atomic mass is 9.72. The summed E-state index contributed by atoms with van der Waals surface area (Å²) in [5, 5.41) is 18.5. The van der Waals surface area contributed by atoms with E-state index >= 15 is 0 Å². The molecule has 4 unspecified atom stereocenters. The van der Waals surface area contributed by atoms with Gasteiger partial charge in [-0.2, -0.15) is 0 Å². The van der Waals surface area contributed by atoms with E-state index < -0.39 is 7.12 Å². The summed E-state index contributed by atoms with van der Waals surface area (Å²) in [6.45, 7) is 0. The predicted octanol–water partition coefficient (Wildman–Crippen LogP) is 10.0.